The molecule has 0 radical (unpaired) electrons. The van der Waals surface area contributed by atoms with E-state index < -0.39 is 11.8 Å². The number of carbonyl (C=O) groups is 2. The average molecular weight is 416 g/mol. The van der Waals surface area contributed by atoms with Crippen molar-refractivity contribution >= 4 is 29.3 Å². The summed E-state index contributed by atoms with van der Waals surface area (Å²) >= 11 is 1.59. The van der Waals surface area contributed by atoms with E-state index in [9.17, 15) is 9.59 Å². The summed E-state index contributed by atoms with van der Waals surface area (Å²) in [5, 5.41) is 5.51. The van der Waals surface area contributed by atoms with Crippen molar-refractivity contribution in [2.75, 3.05) is 51.3 Å². The average Bonchev–Trinajstić information content (AvgIpc) is 3.15. The number of carbonyl (C=O) groups excluding carboxylic acids is 2. The van der Waals surface area contributed by atoms with Crippen molar-refractivity contribution in [1.82, 2.24) is 19.7 Å². The van der Waals surface area contributed by atoms with Crippen molar-refractivity contribution in [2.24, 2.45) is 7.05 Å². The third kappa shape index (κ3) is 5.62. The zero-order chi connectivity index (χ0) is 20.8. The number of thioether (sulfide) groups is 1. The van der Waals surface area contributed by atoms with Gasteiger partial charge >= 0.3 is 11.8 Å². The molecule has 2 heterocycles. The monoisotopic (exact) mass is 415 g/mol. The number of benzene rings is 1. The summed E-state index contributed by atoms with van der Waals surface area (Å²) in [6.07, 6.45) is 3.97. The molecule has 156 valence electrons. The van der Waals surface area contributed by atoms with Crippen LogP contribution in [0, 0.1) is 0 Å². The largest absolute Gasteiger partial charge is 0.353 e. The maximum atomic E-state index is 12.4. The number of hydrogen-bond acceptors (Lipinski definition) is 5. The Kier molecular flexibility index (Phi) is 7.35. The highest BCUT2D eigenvalue weighted by Gasteiger charge is 2.26. The maximum Gasteiger partial charge on any atom is 0.313 e. The number of aryl methyl sites for hydroxylation is 1. The van der Waals surface area contributed by atoms with Gasteiger partial charge in [0.2, 0.25) is 0 Å². The first-order chi connectivity index (χ1) is 14.0. The fraction of sp³-hybridized carbons (Fsp3) is 0.429. The topological polar surface area (TPSA) is 69.6 Å². The molecule has 1 saturated heterocycles. The van der Waals surface area contributed by atoms with E-state index in [0.29, 0.717) is 12.2 Å². The Bertz CT molecular complexity index is 845. The van der Waals surface area contributed by atoms with Crippen LogP contribution in [-0.2, 0) is 16.6 Å². The number of hydrogen-bond donors (Lipinski definition) is 2. The van der Waals surface area contributed by atoms with E-state index in [1.54, 1.807) is 17.8 Å². The summed E-state index contributed by atoms with van der Waals surface area (Å²) < 4.78 is 2.07. The number of piperazine rings is 1. The van der Waals surface area contributed by atoms with Gasteiger partial charge in [-0.2, -0.15) is 0 Å². The minimum absolute atomic E-state index is 0.0280. The van der Waals surface area contributed by atoms with Gasteiger partial charge in [-0.25, -0.2) is 0 Å². The number of aromatic nitrogens is 1. The van der Waals surface area contributed by atoms with Gasteiger partial charge in [0.15, 0.2) is 0 Å². The molecule has 8 heteroatoms. The van der Waals surface area contributed by atoms with Crippen molar-refractivity contribution in [2.45, 2.75) is 10.9 Å². The predicted octanol–water partition coefficient (Wildman–Crippen LogP) is 1.79. The fourth-order valence-electron chi connectivity index (χ4n) is 3.53. The second-order valence-electron chi connectivity index (χ2n) is 7.30. The lowest BCUT2D eigenvalue weighted by molar-refractivity contribution is -0.136. The van der Waals surface area contributed by atoms with Gasteiger partial charge in [0.05, 0.1) is 6.04 Å². The molecular weight excluding hydrogens is 386 g/mol. The summed E-state index contributed by atoms with van der Waals surface area (Å²) in [5.41, 5.74) is 1.75. The molecule has 2 N–H and O–H groups in total. The van der Waals surface area contributed by atoms with Gasteiger partial charge in [0.25, 0.3) is 0 Å². The minimum atomic E-state index is -0.646. The van der Waals surface area contributed by atoms with Gasteiger partial charge in [0.1, 0.15) is 0 Å². The second-order valence-corrected chi connectivity index (χ2v) is 8.17. The third-order valence-corrected chi connectivity index (χ3v) is 6.02. The van der Waals surface area contributed by atoms with Gasteiger partial charge in [-0.3, -0.25) is 14.5 Å². The smallest absolute Gasteiger partial charge is 0.313 e. The summed E-state index contributed by atoms with van der Waals surface area (Å²) in [4.78, 5) is 30.5. The van der Waals surface area contributed by atoms with Gasteiger partial charge in [-0.15, -0.1) is 11.8 Å². The minimum Gasteiger partial charge on any atom is -0.353 e. The molecule has 1 atom stereocenters. The standard InChI is InChI=1S/C21H29N5O2S/c1-24-10-12-26(13-11-24)19(18-8-5-9-25(18)2)15-22-20(27)21(28)23-16-6-4-7-17(14-16)29-3/h4-9,14,19H,10-13,15H2,1-3H3,(H,22,27)(H,23,28). The van der Waals surface area contributed by atoms with Crippen molar-refractivity contribution < 1.29 is 9.59 Å². The molecule has 2 amide bonds. The van der Waals surface area contributed by atoms with Crippen molar-refractivity contribution in [3.8, 4) is 0 Å². The summed E-state index contributed by atoms with van der Waals surface area (Å²) in [7, 11) is 4.12. The van der Waals surface area contributed by atoms with Crippen LogP contribution in [-0.4, -0.2) is 72.2 Å². The fourth-order valence-corrected chi connectivity index (χ4v) is 3.99. The molecule has 0 bridgehead atoms. The van der Waals surface area contributed by atoms with E-state index in [4.69, 9.17) is 0 Å². The molecule has 29 heavy (non-hydrogen) atoms. The first-order valence-corrected chi connectivity index (χ1v) is 11.0. The molecule has 1 aliphatic rings. The van der Waals surface area contributed by atoms with Crippen LogP contribution in [0.25, 0.3) is 0 Å². The Hall–Kier alpha value is -2.29. The zero-order valence-electron chi connectivity index (χ0n) is 17.2. The number of nitrogens with zero attached hydrogens (tertiary/aromatic N) is 3. The third-order valence-electron chi connectivity index (χ3n) is 5.29. The van der Waals surface area contributed by atoms with E-state index >= 15 is 0 Å². The highest BCUT2D eigenvalue weighted by Crippen LogP contribution is 2.22. The molecule has 0 saturated carbocycles. The summed E-state index contributed by atoms with van der Waals surface area (Å²) in [5.74, 6) is -1.26. The van der Waals surface area contributed by atoms with Crippen LogP contribution in [0.15, 0.2) is 47.5 Å². The van der Waals surface area contributed by atoms with E-state index in [0.717, 1.165) is 36.8 Å². The molecule has 1 aromatic carbocycles. The Morgan fingerprint density at radius 2 is 1.83 bits per heavy atom. The second kappa shape index (κ2) is 9.96. The highest BCUT2D eigenvalue weighted by atomic mass is 32.2. The van der Waals surface area contributed by atoms with Crippen LogP contribution in [0.2, 0.25) is 0 Å². The molecule has 2 aromatic rings. The molecule has 1 fully saturated rings. The van der Waals surface area contributed by atoms with Crippen LogP contribution < -0.4 is 10.6 Å². The number of likely N-dealkylation sites (N-methyl/N-ethyl adjacent to an activating group) is 1. The van der Waals surface area contributed by atoms with Crippen LogP contribution in [0.1, 0.15) is 11.7 Å². The Balaban J connectivity index is 1.63. The summed E-state index contributed by atoms with van der Waals surface area (Å²) in [6, 6.07) is 11.6. The molecule has 1 aliphatic heterocycles. The van der Waals surface area contributed by atoms with Gasteiger partial charge in [-0.05, 0) is 43.6 Å². The lowest BCUT2D eigenvalue weighted by Gasteiger charge is -2.38. The van der Waals surface area contributed by atoms with Crippen molar-refractivity contribution in [3.63, 3.8) is 0 Å². The van der Waals surface area contributed by atoms with Gasteiger partial charge in [0, 0.05) is 62.2 Å². The number of nitrogens with one attached hydrogen (secondary N) is 2. The lowest BCUT2D eigenvalue weighted by atomic mass is 10.1. The Morgan fingerprint density at radius 3 is 2.48 bits per heavy atom. The number of amides is 2. The zero-order valence-corrected chi connectivity index (χ0v) is 18.0. The van der Waals surface area contributed by atoms with Crippen LogP contribution in [0.4, 0.5) is 5.69 Å². The van der Waals surface area contributed by atoms with Gasteiger partial charge in [-0.1, -0.05) is 6.07 Å². The van der Waals surface area contributed by atoms with Crippen LogP contribution in [0.5, 0.6) is 0 Å². The molecule has 0 spiro atoms. The molecular formula is C21H29N5O2S. The SMILES string of the molecule is CSc1cccc(NC(=O)C(=O)NCC(c2cccn2C)N2CCN(C)CC2)c1. The maximum absolute atomic E-state index is 12.4. The Morgan fingerprint density at radius 1 is 1.07 bits per heavy atom. The van der Waals surface area contributed by atoms with E-state index in [2.05, 4.69) is 38.1 Å². The van der Waals surface area contributed by atoms with E-state index in [1.165, 1.54) is 0 Å². The molecule has 7 nitrogen and oxygen atoms in total. The van der Waals surface area contributed by atoms with Crippen molar-refractivity contribution in [1.29, 1.82) is 0 Å². The van der Waals surface area contributed by atoms with Crippen LogP contribution >= 0.6 is 11.8 Å². The molecule has 3 rings (SSSR count). The quantitative estimate of drug-likeness (QED) is 0.556. The number of rotatable bonds is 6. The van der Waals surface area contributed by atoms with Crippen molar-refractivity contribution in [3.05, 3.63) is 48.3 Å². The highest BCUT2D eigenvalue weighted by molar-refractivity contribution is 7.98. The first-order valence-electron chi connectivity index (χ1n) is 9.75. The Labute approximate surface area is 176 Å². The summed E-state index contributed by atoms with van der Waals surface area (Å²) in [6.45, 7) is 4.22. The van der Waals surface area contributed by atoms with Crippen LogP contribution in [0.3, 0.4) is 0 Å². The predicted molar refractivity (Wildman–Crippen MR) is 117 cm³/mol. The number of anilines is 1. The van der Waals surface area contributed by atoms with E-state index in [-0.39, 0.29) is 6.04 Å². The van der Waals surface area contributed by atoms with E-state index in [1.807, 2.05) is 43.8 Å². The lowest BCUT2D eigenvalue weighted by Crippen LogP contribution is -2.49. The van der Waals surface area contributed by atoms with Gasteiger partial charge < -0.3 is 20.1 Å². The normalized spacial score (nSPS) is 16.4. The molecule has 1 aromatic heterocycles. The molecule has 1 unspecified atom stereocenters. The first kappa shape index (κ1) is 21.4. The molecule has 0 aliphatic carbocycles.